The number of allylic oxidation sites excluding steroid dienone is 1. The second kappa shape index (κ2) is 8.68. The van der Waals surface area contributed by atoms with Crippen molar-refractivity contribution < 1.29 is 0 Å². The van der Waals surface area contributed by atoms with Crippen molar-refractivity contribution in [3.63, 3.8) is 0 Å². The minimum absolute atomic E-state index is 0.781. The van der Waals surface area contributed by atoms with Crippen LogP contribution in [0.1, 0.15) is 57.7 Å². The molecule has 0 saturated heterocycles. The molecule has 0 spiro atoms. The van der Waals surface area contributed by atoms with E-state index >= 15 is 0 Å². The largest absolute Gasteiger partial charge is 0.327 e. The number of nitrogens with one attached hydrogen (secondary N) is 1. The lowest BCUT2D eigenvalue weighted by atomic mass is 9.97. The highest BCUT2D eigenvalue weighted by Crippen LogP contribution is 2.22. The van der Waals surface area contributed by atoms with Crippen LogP contribution < -0.4 is 5.32 Å². The summed E-state index contributed by atoms with van der Waals surface area (Å²) in [6.45, 7) is 5.09. The average molecular weight is 346 g/mol. The molecule has 1 N–H and O–H groups in total. The van der Waals surface area contributed by atoms with Gasteiger partial charge in [-0.1, -0.05) is 36.6 Å². The average Bonchev–Trinajstić information content (AvgIpc) is 2.94. The third-order valence-corrected chi connectivity index (χ3v) is 5.05. The molecule has 0 fully saturated rings. The van der Waals surface area contributed by atoms with Crippen molar-refractivity contribution >= 4 is 22.6 Å². The molecule has 0 amide bonds. The third-order valence-electron chi connectivity index (χ3n) is 4.82. The maximum Gasteiger partial charge on any atom is 0.123 e. The van der Waals surface area contributed by atoms with E-state index in [0.29, 0.717) is 0 Å². The van der Waals surface area contributed by atoms with E-state index in [0.717, 1.165) is 47.9 Å². The summed E-state index contributed by atoms with van der Waals surface area (Å²) in [6, 6.07) is 5.99. The molecule has 0 saturated carbocycles. The molecule has 2 aromatic rings. The van der Waals surface area contributed by atoms with Gasteiger partial charge in [0, 0.05) is 11.6 Å². The smallest absolute Gasteiger partial charge is 0.123 e. The lowest BCUT2D eigenvalue weighted by Crippen LogP contribution is -2.19. The Labute approximate surface area is 150 Å². The predicted molar refractivity (Wildman–Crippen MR) is 103 cm³/mol. The molecule has 4 heteroatoms. The van der Waals surface area contributed by atoms with Gasteiger partial charge in [0.2, 0.25) is 0 Å². The zero-order valence-electron chi connectivity index (χ0n) is 14.7. The normalized spacial score (nSPS) is 15.0. The van der Waals surface area contributed by atoms with Gasteiger partial charge in [-0.05, 0) is 63.3 Å². The summed E-state index contributed by atoms with van der Waals surface area (Å²) in [5, 5.41) is 4.37. The molecule has 1 aliphatic carbocycles. The van der Waals surface area contributed by atoms with Crippen LogP contribution in [0.3, 0.4) is 0 Å². The number of aromatic nitrogens is 2. The maximum atomic E-state index is 6.18. The first-order valence-corrected chi connectivity index (χ1v) is 9.69. The summed E-state index contributed by atoms with van der Waals surface area (Å²) in [7, 11) is 0. The van der Waals surface area contributed by atoms with Crippen molar-refractivity contribution in [1.82, 2.24) is 14.9 Å². The second-order valence-corrected chi connectivity index (χ2v) is 7.14. The van der Waals surface area contributed by atoms with E-state index in [1.807, 2.05) is 18.2 Å². The molecule has 24 heavy (non-hydrogen) atoms. The van der Waals surface area contributed by atoms with Gasteiger partial charge in [-0.2, -0.15) is 0 Å². The second-order valence-electron chi connectivity index (χ2n) is 6.70. The molecule has 1 heterocycles. The summed E-state index contributed by atoms with van der Waals surface area (Å²) in [5.41, 5.74) is 3.82. The highest BCUT2D eigenvalue weighted by Gasteiger charge is 2.11. The van der Waals surface area contributed by atoms with E-state index in [9.17, 15) is 0 Å². The van der Waals surface area contributed by atoms with Crippen molar-refractivity contribution in [2.45, 2.75) is 65.0 Å². The van der Waals surface area contributed by atoms with Crippen LogP contribution in [0, 0.1) is 0 Å². The van der Waals surface area contributed by atoms with E-state index in [2.05, 4.69) is 22.9 Å². The number of nitrogens with zero attached hydrogens (tertiary/aromatic N) is 2. The van der Waals surface area contributed by atoms with Gasteiger partial charge in [0.15, 0.2) is 0 Å². The molecule has 0 radical (unpaired) electrons. The summed E-state index contributed by atoms with van der Waals surface area (Å²) in [5.74, 6) is 1.12. The molecule has 130 valence electrons. The molecule has 3 nitrogen and oxygen atoms in total. The number of benzene rings is 1. The topological polar surface area (TPSA) is 29.9 Å². The molecule has 0 bridgehead atoms. The van der Waals surface area contributed by atoms with E-state index in [1.165, 1.54) is 38.5 Å². The zero-order chi connectivity index (χ0) is 16.8. The van der Waals surface area contributed by atoms with E-state index in [1.54, 1.807) is 5.57 Å². The number of halogens is 1. The molecule has 3 rings (SSSR count). The fraction of sp³-hybridized carbons (Fsp3) is 0.550. The van der Waals surface area contributed by atoms with Crippen molar-refractivity contribution in [3.8, 4) is 0 Å². The van der Waals surface area contributed by atoms with Crippen LogP contribution >= 0.6 is 11.6 Å². The van der Waals surface area contributed by atoms with Gasteiger partial charge in [-0.3, -0.25) is 0 Å². The van der Waals surface area contributed by atoms with Gasteiger partial charge < -0.3 is 9.88 Å². The Bertz CT molecular complexity index is 702. The van der Waals surface area contributed by atoms with Crippen LogP contribution in [0.2, 0.25) is 5.02 Å². The van der Waals surface area contributed by atoms with Crippen LogP contribution in [-0.2, 0) is 13.1 Å². The number of imidazole rings is 1. The van der Waals surface area contributed by atoms with Crippen LogP contribution in [0.25, 0.3) is 11.0 Å². The lowest BCUT2D eigenvalue weighted by Gasteiger charge is -2.13. The van der Waals surface area contributed by atoms with Gasteiger partial charge in [0.25, 0.3) is 0 Å². The SMILES string of the molecule is CCCCn1c(CNCCC2=CCCCC2)nc2ccc(Cl)cc21. The Kier molecular flexibility index (Phi) is 6.33. The number of aryl methyl sites for hydroxylation is 1. The van der Waals surface area contributed by atoms with Gasteiger partial charge >= 0.3 is 0 Å². The maximum absolute atomic E-state index is 6.18. The molecule has 0 aliphatic heterocycles. The first kappa shape index (κ1) is 17.5. The van der Waals surface area contributed by atoms with Crippen molar-refractivity contribution in [2.75, 3.05) is 6.54 Å². The quantitative estimate of drug-likeness (QED) is 0.508. The Morgan fingerprint density at radius 1 is 1.29 bits per heavy atom. The van der Waals surface area contributed by atoms with Crippen molar-refractivity contribution in [3.05, 3.63) is 40.7 Å². The fourth-order valence-electron chi connectivity index (χ4n) is 3.43. The van der Waals surface area contributed by atoms with E-state index < -0.39 is 0 Å². The van der Waals surface area contributed by atoms with Crippen LogP contribution in [0.15, 0.2) is 29.8 Å². The third kappa shape index (κ3) is 4.40. The summed E-state index contributed by atoms with van der Waals surface area (Å²) in [6.07, 6.45) is 11.2. The predicted octanol–water partition coefficient (Wildman–Crippen LogP) is 5.47. The Morgan fingerprint density at radius 2 is 2.21 bits per heavy atom. The first-order valence-electron chi connectivity index (χ1n) is 9.31. The Balaban J connectivity index is 1.65. The molecule has 0 atom stereocenters. The summed E-state index contributed by atoms with van der Waals surface area (Å²) in [4.78, 5) is 4.82. The van der Waals surface area contributed by atoms with Gasteiger partial charge in [-0.25, -0.2) is 4.98 Å². The monoisotopic (exact) mass is 345 g/mol. The number of unbranched alkanes of at least 4 members (excludes halogenated alkanes) is 1. The number of hydrogen-bond acceptors (Lipinski definition) is 2. The Morgan fingerprint density at radius 3 is 3.00 bits per heavy atom. The minimum Gasteiger partial charge on any atom is -0.327 e. The fourth-order valence-corrected chi connectivity index (χ4v) is 3.59. The number of fused-ring (bicyclic) bond motifs is 1. The van der Waals surface area contributed by atoms with Crippen LogP contribution in [-0.4, -0.2) is 16.1 Å². The van der Waals surface area contributed by atoms with Gasteiger partial charge in [-0.15, -0.1) is 0 Å². The molecule has 1 aliphatic rings. The van der Waals surface area contributed by atoms with Crippen molar-refractivity contribution in [1.29, 1.82) is 0 Å². The van der Waals surface area contributed by atoms with E-state index in [-0.39, 0.29) is 0 Å². The Hall–Kier alpha value is -1.32. The summed E-state index contributed by atoms with van der Waals surface area (Å²) >= 11 is 6.18. The summed E-state index contributed by atoms with van der Waals surface area (Å²) < 4.78 is 2.33. The van der Waals surface area contributed by atoms with E-state index in [4.69, 9.17) is 16.6 Å². The van der Waals surface area contributed by atoms with Crippen LogP contribution in [0.5, 0.6) is 0 Å². The van der Waals surface area contributed by atoms with Crippen molar-refractivity contribution in [2.24, 2.45) is 0 Å². The molecule has 1 aromatic carbocycles. The highest BCUT2D eigenvalue weighted by molar-refractivity contribution is 6.31. The lowest BCUT2D eigenvalue weighted by molar-refractivity contribution is 0.573. The van der Waals surface area contributed by atoms with Gasteiger partial charge in [0.1, 0.15) is 5.82 Å². The molecule has 1 aromatic heterocycles. The minimum atomic E-state index is 0.781. The molecular weight excluding hydrogens is 318 g/mol. The number of rotatable bonds is 8. The van der Waals surface area contributed by atoms with Gasteiger partial charge in [0.05, 0.1) is 17.6 Å². The molecule has 0 unspecified atom stereocenters. The highest BCUT2D eigenvalue weighted by atomic mass is 35.5. The zero-order valence-corrected chi connectivity index (χ0v) is 15.4. The number of hydrogen-bond donors (Lipinski definition) is 1. The molecular formula is C20H28ClN3. The standard InChI is InChI=1S/C20H28ClN3/c1-2-3-13-24-19-14-17(21)9-10-18(19)23-20(24)15-22-12-11-16-7-5-4-6-8-16/h7,9-10,14,22H,2-6,8,11-13,15H2,1H3. The first-order chi connectivity index (χ1) is 11.8. The van der Waals surface area contributed by atoms with Crippen LogP contribution in [0.4, 0.5) is 0 Å².